The minimum Gasteiger partial charge on any atom is -0.369 e. The number of anilines is 1. The average Bonchev–Trinajstić information content (AvgIpc) is 3.22. The summed E-state index contributed by atoms with van der Waals surface area (Å²) in [4.78, 5) is 13.7. The number of hydrogen-bond acceptors (Lipinski definition) is 4. The molecule has 2 saturated heterocycles. The first-order valence-electron chi connectivity index (χ1n) is 12.2. The molecule has 3 heterocycles. The van der Waals surface area contributed by atoms with Crippen molar-refractivity contribution in [1.82, 2.24) is 14.9 Å². The van der Waals surface area contributed by atoms with E-state index in [4.69, 9.17) is 33.2 Å². The second-order valence-corrected chi connectivity index (χ2v) is 11.0. The third kappa shape index (κ3) is 4.62. The van der Waals surface area contributed by atoms with Crippen LogP contribution in [0, 0.1) is 18.3 Å². The summed E-state index contributed by atoms with van der Waals surface area (Å²) in [5.41, 5.74) is 3.32. The van der Waals surface area contributed by atoms with Gasteiger partial charge in [-0.25, -0.2) is 9.97 Å². The Bertz CT molecular complexity index is 1130. The van der Waals surface area contributed by atoms with Crippen molar-refractivity contribution < 1.29 is 13.2 Å². The van der Waals surface area contributed by atoms with Gasteiger partial charge in [0.1, 0.15) is 5.69 Å². The fourth-order valence-corrected chi connectivity index (χ4v) is 6.13. The van der Waals surface area contributed by atoms with Crippen molar-refractivity contribution in [3.05, 3.63) is 46.2 Å². The van der Waals surface area contributed by atoms with Gasteiger partial charge < -0.3 is 9.80 Å². The first-order chi connectivity index (χ1) is 16.6. The van der Waals surface area contributed by atoms with Gasteiger partial charge >= 0.3 is 6.18 Å². The SMILES string of the molecule is C=C(c1nc(-c2cccc(Cl)c2Cl)c(C)nc1N1CCC2(CCCC2)CC1)N1CC(C(F)(F)F)C1. The minimum absolute atomic E-state index is 0.117. The first kappa shape index (κ1) is 24.7. The molecule has 1 aromatic heterocycles. The first-order valence-corrected chi connectivity index (χ1v) is 12.9. The van der Waals surface area contributed by atoms with Gasteiger partial charge in [-0.15, -0.1) is 0 Å². The lowest BCUT2D eigenvalue weighted by atomic mass is 9.77. The number of halogens is 5. The highest BCUT2D eigenvalue weighted by Crippen LogP contribution is 2.47. The number of nitrogens with zero attached hydrogens (tertiary/aromatic N) is 4. The smallest absolute Gasteiger partial charge is 0.369 e. The molecular weight excluding hydrogens is 496 g/mol. The van der Waals surface area contributed by atoms with E-state index in [-0.39, 0.29) is 13.1 Å². The van der Waals surface area contributed by atoms with E-state index >= 15 is 0 Å². The third-order valence-corrected chi connectivity index (χ3v) is 8.86. The number of likely N-dealkylation sites (tertiary alicyclic amines) is 1. The van der Waals surface area contributed by atoms with Crippen LogP contribution in [-0.4, -0.2) is 47.2 Å². The predicted molar refractivity (Wildman–Crippen MR) is 135 cm³/mol. The molecule has 0 amide bonds. The van der Waals surface area contributed by atoms with Crippen LogP contribution in [0.4, 0.5) is 19.0 Å². The molecule has 1 aliphatic carbocycles. The molecule has 0 atom stereocenters. The number of piperidine rings is 1. The van der Waals surface area contributed by atoms with Gasteiger partial charge in [0.25, 0.3) is 0 Å². The topological polar surface area (TPSA) is 32.3 Å². The van der Waals surface area contributed by atoms with Crippen LogP contribution < -0.4 is 4.90 Å². The molecule has 35 heavy (non-hydrogen) atoms. The van der Waals surface area contributed by atoms with Crippen molar-refractivity contribution in [2.24, 2.45) is 11.3 Å². The van der Waals surface area contributed by atoms with Gasteiger partial charge in [-0.2, -0.15) is 13.2 Å². The third-order valence-electron chi connectivity index (χ3n) is 8.05. The Labute approximate surface area is 214 Å². The van der Waals surface area contributed by atoms with Crippen LogP contribution >= 0.6 is 23.2 Å². The lowest BCUT2D eigenvalue weighted by Crippen LogP contribution is -2.52. The highest BCUT2D eigenvalue weighted by atomic mass is 35.5. The highest BCUT2D eigenvalue weighted by molar-refractivity contribution is 6.43. The summed E-state index contributed by atoms with van der Waals surface area (Å²) in [7, 11) is 0. The Hall–Kier alpha value is -1.99. The van der Waals surface area contributed by atoms with E-state index < -0.39 is 12.1 Å². The fraction of sp³-hybridized carbons (Fsp3) is 0.538. The number of hydrogen-bond donors (Lipinski definition) is 0. The van der Waals surface area contributed by atoms with Crippen molar-refractivity contribution >= 4 is 34.7 Å². The maximum Gasteiger partial charge on any atom is 0.395 e. The van der Waals surface area contributed by atoms with Gasteiger partial charge in [0.15, 0.2) is 5.82 Å². The van der Waals surface area contributed by atoms with Gasteiger partial charge in [0.05, 0.1) is 33.0 Å². The summed E-state index contributed by atoms with van der Waals surface area (Å²) >= 11 is 12.7. The normalized spacial score (nSPS) is 20.4. The van der Waals surface area contributed by atoms with E-state index in [1.165, 1.54) is 25.7 Å². The average molecular weight is 525 g/mol. The second kappa shape index (κ2) is 9.15. The molecule has 9 heteroatoms. The molecule has 3 aliphatic rings. The minimum atomic E-state index is -4.21. The summed E-state index contributed by atoms with van der Waals surface area (Å²) in [6.07, 6.45) is 3.15. The Morgan fingerprint density at radius 1 is 1.06 bits per heavy atom. The van der Waals surface area contributed by atoms with Crippen LogP contribution in [0.5, 0.6) is 0 Å². The number of rotatable bonds is 4. The quantitative estimate of drug-likeness (QED) is 0.417. The Balaban J connectivity index is 1.50. The molecule has 1 saturated carbocycles. The zero-order chi connectivity index (χ0) is 25.0. The Morgan fingerprint density at radius 2 is 1.71 bits per heavy atom. The van der Waals surface area contributed by atoms with Crippen molar-refractivity contribution in [2.45, 2.75) is 51.6 Å². The largest absolute Gasteiger partial charge is 0.395 e. The number of alkyl halides is 3. The molecule has 3 fully saturated rings. The van der Waals surface area contributed by atoms with Crippen LogP contribution in [0.3, 0.4) is 0 Å². The molecule has 0 unspecified atom stereocenters. The molecule has 2 aromatic rings. The van der Waals surface area contributed by atoms with Crippen molar-refractivity contribution in [1.29, 1.82) is 0 Å². The lowest BCUT2D eigenvalue weighted by molar-refractivity contribution is -0.201. The molecular formula is C26H29Cl2F3N4. The Kier molecular flexibility index (Phi) is 6.45. The van der Waals surface area contributed by atoms with E-state index in [2.05, 4.69) is 11.5 Å². The van der Waals surface area contributed by atoms with E-state index in [0.29, 0.717) is 49.6 Å². The molecule has 0 radical (unpaired) electrons. The van der Waals surface area contributed by atoms with Crippen LogP contribution in [-0.2, 0) is 0 Å². The van der Waals surface area contributed by atoms with Gasteiger partial charge in [0, 0.05) is 31.7 Å². The summed E-state index contributed by atoms with van der Waals surface area (Å²) in [5.74, 6) is -0.655. The van der Waals surface area contributed by atoms with E-state index in [1.54, 1.807) is 17.0 Å². The number of aryl methyl sites for hydroxylation is 1. The standard InChI is InChI=1S/C26H29Cl2F3N4/c1-16-22(19-6-5-7-20(27)21(19)28)33-23(17(2)35-14-18(15-35)26(29,30)31)24(32-16)34-12-10-25(11-13-34)8-3-4-9-25/h5-7,18H,2-4,8-15H2,1H3. The summed E-state index contributed by atoms with van der Waals surface area (Å²) < 4.78 is 39.5. The molecule has 0 bridgehead atoms. The summed E-state index contributed by atoms with van der Waals surface area (Å²) in [5, 5.41) is 0.779. The van der Waals surface area contributed by atoms with Crippen molar-refractivity contribution in [3.8, 4) is 11.3 Å². The van der Waals surface area contributed by atoms with E-state index in [0.717, 1.165) is 25.9 Å². The second-order valence-electron chi connectivity index (χ2n) is 10.2. The maximum absolute atomic E-state index is 13.2. The maximum atomic E-state index is 13.2. The zero-order valence-electron chi connectivity index (χ0n) is 19.8. The van der Waals surface area contributed by atoms with Crippen LogP contribution in [0.2, 0.25) is 10.0 Å². The van der Waals surface area contributed by atoms with Crippen LogP contribution in [0.15, 0.2) is 24.8 Å². The van der Waals surface area contributed by atoms with Gasteiger partial charge in [0.2, 0.25) is 0 Å². The zero-order valence-corrected chi connectivity index (χ0v) is 21.3. The molecule has 2 aliphatic heterocycles. The van der Waals surface area contributed by atoms with Gasteiger partial charge in [-0.1, -0.05) is 54.8 Å². The number of aromatic nitrogens is 2. The summed E-state index contributed by atoms with van der Waals surface area (Å²) in [6, 6.07) is 5.32. The van der Waals surface area contributed by atoms with Crippen LogP contribution in [0.1, 0.15) is 49.9 Å². The van der Waals surface area contributed by atoms with Gasteiger partial charge in [-0.3, -0.25) is 0 Å². The van der Waals surface area contributed by atoms with Crippen molar-refractivity contribution in [2.75, 3.05) is 31.1 Å². The van der Waals surface area contributed by atoms with E-state index in [1.807, 2.05) is 13.0 Å². The molecule has 0 N–H and O–H groups in total. The molecule has 1 aromatic carbocycles. The Morgan fingerprint density at radius 3 is 2.34 bits per heavy atom. The van der Waals surface area contributed by atoms with Crippen LogP contribution in [0.25, 0.3) is 17.0 Å². The lowest BCUT2D eigenvalue weighted by Gasteiger charge is -2.44. The van der Waals surface area contributed by atoms with Crippen molar-refractivity contribution in [3.63, 3.8) is 0 Å². The highest BCUT2D eigenvalue weighted by Gasteiger charge is 2.48. The molecule has 4 nitrogen and oxygen atoms in total. The molecule has 188 valence electrons. The number of benzene rings is 1. The van der Waals surface area contributed by atoms with E-state index in [9.17, 15) is 13.2 Å². The summed E-state index contributed by atoms with van der Waals surface area (Å²) in [6.45, 7) is 7.52. The monoisotopic (exact) mass is 524 g/mol. The fourth-order valence-electron chi connectivity index (χ4n) is 5.74. The predicted octanol–water partition coefficient (Wildman–Crippen LogP) is 7.38. The molecule has 1 spiro atoms. The van der Waals surface area contributed by atoms with Gasteiger partial charge in [-0.05, 0) is 44.1 Å². The molecule has 5 rings (SSSR count).